The molecule has 5 rings (SSSR count). The molecule has 0 atom stereocenters. The molecule has 0 aliphatic heterocycles. The number of nitrogens with zero attached hydrogens (tertiary/aromatic N) is 3. The molecule has 0 aliphatic rings. The Kier molecular flexibility index (Phi) is 5.13. The van der Waals surface area contributed by atoms with Crippen LogP contribution in [-0.4, -0.2) is 23.0 Å². The number of aromatic nitrogens is 3. The number of halogens is 3. The van der Waals surface area contributed by atoms with Gasteiger partial charge in [-0.2, -0.15) is 5.10 Å². The number of hydrogen-bond donors (Lipinski definition) is 1. The molecule has 0 saturated carbocycles. The predicted octanol–water partition coefficient (Wildman–Crippen LogP) is 5.18. The van der Waals surface area contributed by atoms with Crippen molar-refractivity contribution in [2.24, 2.45) is 0 Å². The lowest BCUT2D eigenvalue weighted by Gasteiger charge is -2.10. The minimum Gasteiger partial charge on any atom is -0.460 e. The molecule has 0 fully saturated rings. The summed E-state index contributed by atoms with van der Waals surface area (Å²) in [5, 5.41) is 4.60. The quantitative estimate of drug-likeness (QED) is 0.347. The highest BCUT2D eigenvalue weighted by atomic mass is 32.2. The van der Waals surface area contributed by atoms with Gasteiger partial charge in [0.2, 0.25) is 0 Å². The van der Waals surface area contributed by atoms with E-state index >= 15 is 0 Å². The Morgan fingerprint density at radius 1 is 0.912 bits per heavy atom. The van der Waals surface area contributed by atoms with Crippen LogP contribution in [0.4, 0.5) is 18.9 Å². The maximum absolute atomic E-state index is 13.9. The number of fused-ring (bicyclic) bond motifs is 1. The van der Waals surface area contributed by atoms with E-state index in [1.807, 2.05) is 19.1 Å². The molecule has 0 radical (unpaired) electrons. The number of rotatable bonds is 5. The fraction of sp³-hybridized carbons (Fsp3) is 0.0435. The van der Waals surface area contributed by atoms with Crippen LogP contribution in [0.15, 0.2) is 76.2 Å². The molecular weight excluding hydrogens is 469 g/mol. The van der Waals surface area contributed by atoms with Crippen molar-refractivity contribution in [1.29, 1.82) is 0 Å². The summed E-state index contributed by atoms with van der Waals surface area (Å²) in [6.45, 7) is 1.84. The van der Waals surface area contributed by atoms with Crippen LogP contribution in [0.2, 0.25) is 0 Å². The van der Waals surface area contributed by atoms with Crippen molar-refractivity contribution in [1.82, 2.24) is 14.6 Å². The minimum atomic E-state index is -4.49. The first kappa shape index (κ1) is 21.7. The van der Waals surface area contributed by atoms with Crippen LogP contribution in [0.25, 0.3) is 28.4 Å². The molecule has 11 heteroatoms. The Morgan fingerprint density at radius 3 is 2.38 bits per heavy atom. The number of nitrogens with one attached hydrogen (secondary N) is 1. The van der Waals surface area contributed by atoms with E-state index in [0.29, 0.717) is 40.5 Å². The van der Waals surface area contributed by atoms with Gasteiger partial charge in [-0.15, -0.1) is 0 Å². The molecule has 172 valence electrons. The molecule has 2 aromatic carbocycles. The molecule has 1 N–H and O–H groups in total. The maximum Gasteiger partial charge on any atom is 0.264 e. The van der Waals surface area contributed by atoms with E-state index in [0.717, 1.165) is 5.76 Å². The first-order valence-electron chi connectivity index (χ1n) is 9.91. The first-order valence-corrected chi connectivity index (χ1v) is 11.4. The minimum absolute atomic E-state index is 0.100. The predicted molar refractivity (Wildman–Crippen MR) is 118 cm³/mol. The molecule has 0 bridgehead atoms. The van der Waals surface area contributed by atoms with E-state index in [-0.39, 0.29) is 5.69 Å². The van der Waals surface area contributed by atoms with Crippen LogP contribution < -0.4 is 4.72 Å². The van der Waals surface area contributed by atoms with Crippen LogP contribution in [0.1, 0.15) is 5.76 Å². The molecule has 0 saturated heterocycles. The van der Waals surface area contributed by atoms with Gasteiger partial charge in [0.05, 0.1) is 11.9 Å². The van der Waals surface area contributed by atoms with Gasteiger partial charge in [0.15, 0.2) is 28.9 Å². The Labute approximate surface area is 191 Å². The Morgan fingerprint density at radius 2 is 1.68 bits per heavy atom. The van der Waals surface area contributed by atoms with Crippen molar-refractivity contribution < 1.29 is 26.0 Å². The lowest BCUT2D eigenvalue weighted by atomic mass is 10.1. The molecule has 0 aliphatic carbocycles. The molecule has 0 unspecified atom stereocenters. The Balaban J connectivity index is 1.44. The molecular formula is C23H15F3N4O3S. The van der Waals surface area contributed by atoms with Gasteiger partial charge in [0.25, 0.3) is 10.0 Å². The van der Waals surface area contributed by atoms with Gasteiger partial charge in [-0.3, -0.25) is 4.72 Å². The average Bonchev–Trinajstić information content (AvgIpc) is 3.43. The zero-order valence-corrected chi connectivity index (χ0v) is 18.3. The first-order chi connectivity index (χ1) is 16.2. The number of furan rings is 1. The highest BCUT2D eigenvalue weighted by Crippen LogP contribution is 2.26. The van der Waals surface area contributed by atoms with Crippen molar-refractivity contribution in [2.75, 3.05) is 4.72 Å². The number of hydrogen-bond acceptors (Lipinski definition) is 5. The van der Waals surface area contributed by atoms with Crippen LogP contribution >= 0.6 is 0 Å². The van der Waals surface area contributed by atoms with Crippen LogP contribution in [-0.2, 0) is 10.0 Å². The molecule has 5 aromatic rings. The van der Waals surface area contributed by atoms with Gasteiger partial charge >= 0.3 is 0 Å². The number of sulfonamides is 1. The smallest absolute Gasteiger partial charge is 0.264 e. The topological polar surface area (TPSA) is 89.5 Å². The largest absolute Gasteiger partial charge is 0.460 e. The van der Waals surface area contributed by atoms with Gasteiger partial charge in [-0.1, -0.05) is 12.1 Å². The van der Waals surface area contributed by atoms with Crippen molar-refractivity contribution in [3.8, 4) is 22.7 Å². The van der Waals surface area contributed by atoms with E-state index in [2.05, 4.69) is 14.8 Å². The molecule has 0 spiro atoms. The standard InChI is InChI=1S/C23H15F3N4O3S/c1-13-2-9-19(33-13)18-12-27-21-11-8-17(28-30(18)21)14-3-5-15(6-4-14)29-34(31,32)20-10-7-16(24)22(25)23(20)26/h2-12,29H,1H3. The zero-order chi connectivity index (χ0) is 24.0. The average molecular weight is 484 g/mol. The number of imidazole rings is 1. The second kappa shape index (κ2) is 8.03. The zero-order valence-electron chi connectivity index (χ0n) is 17.5. The summed E-state index contributed by atoms with van der Waals surface area (Å²) in [7, 11) is -4.49. The highest BCUT2D eigenvalue weighted by Gasteiger charge is 2.24. The highest BCUT2D eigenvalue weighted by molar-refractivity contribution is 7.92. The van der Waals surface area contributed by atoms with E-state index < -0.39 is 32.4 Å². The second-order valence-electron chi connectivity index (χ2n) is 7.40. The van der Waals surface area contributed by atoms with Gasteiger partial charge in [0.1, 0.15) is 16.3 Å². The van der Waals surface area contributed by atoms with E-state index in [1.54, 1.807) is 35.0 Å². The summed E-state index contributed by atoms with van der Waals surface area (Å²) in [5.41, 5.74) is 2.63. The molecule has 34 heavy (non-hydrogen) atoms. The number of anilines is 1. The fourth-order valence-electron chi connectivity index (χ4n) is 3.40. The summed E-state index contributed by atoms with van der Waals surface area (Å²) >= 11 is 0. The summed E-state index contributed by atoms with van der Waals surface area (Å²) in [6, 6.07) is 14.5. The molecule has 3 aromatic heterocycles. The number of aryl methyl sites for hydroxylation is 1. The van der Waals surface area contributed by atoms with E-state index in [1.165, 1.54) is 12.1 Å². The normalized spacial score (nSPS) is 11.8. The SMILES string of the molecule is Cc1ccc(-c2cnc3ccc(-c4ccc(NS(=O)(=O)c5ccc(F)c(F)c5F)cc4)nn23)o1. The third-order valence-corrected chi connectivity index (χ3v) is 6.48. The van der Waals surface area contributed by atoms with Crippen molar-refractivity contribution in [3.63, 3.8) is 0 Å². The summed E-state index contributed by atoms with van der Waals surface area (Å²) in [4.78, 5) is 3.33. The lowest BCUT2D eigenvalue weighted by Crippen LogP contribution is -2.15. The third kappa shape index (κ3) is 3.79. The molecule has 0 amide bonds. The van der Waals surface area contributed by atoms with Crippen molar-refractivity contribution in [2.45, 2.75) is 11.8 Å². The van der Waals surface area contributed by atoms with Crippen molar-refractivity contribution >= 4 is 21.4 Å². The van der Waals surface area contributed by atoms with Crippen LogP contribution in [0, 0.1) is 24.4 Å². The Hall–Kier alpha value is -4.12. The van der Waals surface area contributed by atoms with Gasteiger partial charge in [-0.05, 0) is 55.5 Å². The van der Waals surface area contributed by atoms with Gasteiger partial charge in [-0.25, -0.2) is 31.1 Å². The van der Waals surface area contributed by atoms with Crippen LogP contribution in [0.3, 0.4) is 0 Å². The molecule has 3 heterocycles. The number of benzene rings is 2. The maximum atomic E-state index is 13.9. The Bertz CT molecular complexity index is 1640. The second-order valence-corrected chi connectivity index (χ2v) is 9.05. The fourth-order valence-corrected chi connectivity index (χ4v) is 4.53. The van der Waals surface area contributed by atoms with Gasteiger partial charge < -0.3 is 4.42 Å². The molecule has 7 nitrogen and oxygen atoms in total. The monoisotopic (exact) mass is 484 g/mol. The summed E-state index contributed by atoms with van der Waals surface area (Å²) in [5.74, 6) is -3.76. The van der Waals surface area contributed by atoms with Crippen LogP contribution in [0.5, 0.6) is 0 Å². The summed E-state index contributed by atoms with van der Waals surface area (Å²) < 4.78 is 74.9. The van der Waals surface area contributed by atoms with E-state index in [9.17, 15) is 21.6 Å². The van der Waals surface area contributed by atoms with E-state index in [4.69, 9.17) is 4.42 Å². The lowest BCUT2D eigenvalue weighted by molar-refractivity contribution is 0.432. The van der Waals surface area contributed by atoms with Gasteiger partial charge in [0, 0.05) is 11.3 Å². The third-order valence-electron chi connectivity index (χ3n) is 5.08. The summed E-state index contributed by atoms with van der Waals surface area (Å²) in [6.07, 6.45) is 1.65. The van der Waals surface area contributed by atoms with Crippen molar-refractivity contribution in [3.05, 3.63) is 90.1 Å².